The van der Waals surface area contributed by atoms with E-state index in [0.717, 1.165) is 66.7 Å². The number of anilines is 1. The molecule has 3 aromatic rings. The van der Waals surface area contributed by atoms with Crippen molar-refractivity contribution in [2.75, 3.05) is 58.5 Å². The lowest BCUT2D eigenvalue weighted by Crippen LogP contribution is -2.38. The Morgan fingerprint density at radius 1 is 1.02 bits per heavy atom. The number of aromatic amines is 1. The number of hydrogen-bond donors (Lipinski definition) is 4. The molecule has 274 valence electrons. The molecule has 13 nitrogen and oxygen atoms in total. The summed E-state index contributed by atoms with van der Waals surface area (Å²) in [6.45, 7) is 6.89. The smallest absolute Gasteiger partial charge is 0.490 e. The van der Waals surface area contributed by atoms with Gasteiger partial charge in [-0.2, -0.15) is 31.4 Å². The number of benzene rings is 2. The average Bonchev–Trinajstić information content (AvgIpc) is 3.50. The number of carboxylic acids is 2. The van der Waals surface area contributed by atoms with Crippen molar-refractivity contribution in [2.45, 2.75) is 25.7 Å². The summed E-state index contributed by atoms with van der Waals surface area (Å²) in [6.07, 6.45) is -7.79. The average molecular weight is 721 g/mol. The number of morpholine rings is 1. The standard InChI is InChI=1S/C27H32N4O5.2C2HF3O2/c1-18-23(16-28-30-18)19-3-5-24(26(15-19)35-12-9-31-7-10-34-11-8-31)29-27(32)21-13-20-14-22(33-2)4-6-25(20)36-17-21;2*3-2(4,5)1(6)7/h3-6,14-16,21H,7-13,17H2,1-2H3,(H,28,30)(H,29,32);2*(H,6,7). The third-order valence-electron chi connectivity index (χ3n) is 7.18. The number of nitrogens with zero attached hydrogens (tertiary/aromatic N) is 2. The van der Waals surface area contributed by atoms with Crippen LogP contribution in [0.2, 0.25) is 0 Å². The highest BCUT2D eigenvalue weighted by atomic mass is 19.4. The molecule has 1 saturated heterocycles. The lowest BCUT2D eigenvalue weighted by Gasteiger charge is -2.27. The van der Waals surface area contributed by atoms with E-state index in [1.54, 1.807) is 13.3 Å². The Morgan fingerprint density at radius 3 is 2.22 bits per heavy atom. The molecule has 0 spiro atoms. The molecule has 5 rings (SSSR count). The zero-order valence-electron chi connectivity index (χ0n) is 26.7. The van der Waals surface area contributed by atoms with E-state index in [1.807, 2.05) is 43.3 Å². The first-order chi connectivity index (χ1) is 23.5. The molecule has 0 radical (unpaired) electrons. The van der Waals surface area contributed by atoms with Gasteiger partial charge < -0.3 is 34.5 Å². The summed E-state index contributed by atoms with van der Waals surface area (Å²) in [5, 5.41) is 24.4. The molecule has 2 aliphatic rings. The summed E-state index contributed by atoms with van der Waals surface area (Å²) >= 11 is 0. The lowest BCUT2D eigenvalue weighted by atomic mass is 9.95. The Labute approximate surface area is 281 Å². The summed E-state index contributed by atoms with van der Waals surface area (Å²) in [5.74, 6) is -3.75. The van der Waals surface area contributed by atoms with Crippen LogP contribution in [0.3, 0.4) is 0 Å². The summed E-state index contributed by atoms with van der Waals surface area (Å²) in [4.78, 5) is 33.4. The van der Waals surface area contributed by atoms with Crippen molar-refractivity contribution < 1.29 is 69.9 Å². The summed E-state index contributed by atoms with van der Waals surface area (Å²) in [7, 11) is 1.63. The minimum absolute atomic E-state index is 0.103. The number of alkyl halides is 6. The maximum Gasteiger partial charge on any atom is 0.490 e. The zero-order chi connectivity index (χ0) is 37.1. The fourth-order valence-corrected chi connectivity index (χ4v) is 4.56. The van der Waals surface area contributed by atoms with Crippen LogP contribution in [0, 0.1) is 12.8 Å². The molecule has 2 aromatic carbocycles. The largest absolute Gasteiger partial charge is 0.497 e. The lowest BCUT2D eigenvalue weighted by molar-refractivity contribution is -0.193. The topological polar surface area (TPSA) is 173 Å². The molecule has 50 heavy (non-hydrogen) atoms. The molecule has 1 amide bonds. The summed E-state index contributed by atoms with van der Waals surface area (Å²) in [6, 6.07) is 11.5. The Hall–Kier alpha value is -5.04. The van der Waals surface area contributed by atoms with E-state index >= 15 is 0 Å². The molecule has 0 aliphatic carbocycles. The number of hydrogen-bond acceptors (Lipinski definition) is 9. The number of carbonyl (C=O) groups excluding carboxylic acids is 1. The Balaban J connectivity index is 0.000000408. The molecule has 2 aliphatic heterocycles. The van der Waals surface area contributed by atoms with E-state index in [-0.39, 0.29) is 11.8 Å². The van der Waals surface area contributed by atoms with Crippen molar-refractivity contribution in [3.05, 3.63) is 53.9 Å². The van der Waals surface area contributed by atoms with Crippen molar-refractivity contribution >= 4 is 23.5 Å². The minimum atomic E-state index is -5.08. The molecule has 3 heterocycles. The second kappa shape index (κ2) is 17.6. The predicted molar refractivity (Wildman–Crippen MR) is 163 cm³/mol. The van der Waals surface area contributed by atoms with Crippen LogP contribution in [0.5, 0.6) is 17.2 Å². The van der Waals surface area contributed by atoms with Crippen LogP contribution in [0.1, 0.15) is 11.3 Å². The number of aromatic nitrogens is 2. The van der Waals surface area contributed by atoms with Gasteiger partial charge in [0.05, 0.1) is 38.1 Å². The highest BCUT2D eigenvalue weighted by molar-refractivity contribution is 5.95. The maximum absolute atomic E-state index is 13.3. The SMILES string of the molecule is COc1ccc2c(c1)CC(C(=O)Nc1ccc(-c3cn[nH]c3C)cc1OCCN1CCOCC1)CO2.O=C(O)C(F)(F)F.O=C(O)C(F)(F)F. The van der Waals surface area contributed by atoms with E-state index in [0.29, 0.717) is 31.1 Å². The van der Waals surface area contributed by atoms with Crippen LogP contribution >= 0.6 is 0 Å². The van der Waals surface area contributed by atoms with Gasteiger partial charge in [0.1, 0.15) is 30.5 Å². The normalized spacial score (nSPS) is 15.9. The number of nitrogens with one attached hydrogen (secondary N) is 2. The van der Waals surface area contributed by atoms with Gasteiger partial charge in [0.2, 0.25) is 5.91 Å². The third-order valence-corrected chi connectivity index (χ3v) is 7.18. The molecule has 0 saturated carbocycles. The van der Waals surface area contributed by atoms with Crippen molar-refractivity contribution in [1.29, 1.82) is 0 Å². The Kier molecular flexibility index (Phi) is 13.8. The second-order valence-electron chi connectivity index (χ2n) is 10.7. The first-order valence-corrected chi connectivity index (χ1v) is 14.8. The van der Waals surface area contributed by atoms with Crippen molar-refractivity contribution in [3.8, 4) is 28.4 Å². The molecular formula is C31H34F6N4O9. The van der Waals surface area contributed by atoms with Crippen LogP contribution in [0.15, 0.2) is 42.6 Å². The minimum Gasteiger partial charge on any atom is -0.497 e. The number of fused-ring (bicyclic) bond motifs is 1. The van der Waals surface area contributed by atoms with Crippen LogP contribution < -0.4 is 19.5 Å². The summed E-state index contributed by atoms with van der Waals surface area (Å²) < 4.78 is 86.3. The number of methoxy groups -OCH3 is 1. The van der Waals surface area contributed by atoms with Gasteiger partial charge in [-0.25, -0.2) is 9.59 Å². The zero-order valence-corrected chi connectivity index (χ0v) is 26.7. The van der Waals surface area contributed by atoms with Crippen LogP contribution in [-0.2, 0) is 25.5 Å². The Bertz CT molecular complexity index is 1580. The number of H-pyrrole nitrogens is 1. The molecule has 1 atom stereocenters. The fraction of sp³-hybridized carbons (Fsp3) is 0.419. The molecule has 19 heteroatoms. The quantitative estimate of drug-likeness (QED) is 0.241. The molecule has 1 unspecified atom stereocenters. The number of carbonyl (C=O) groups is 3. The first-order valence-electron chi connectivity index (χ1n) is 14.8. The van der Waals surface area contributed by atoms with Gasteiger partial charge in [0, 0.05) is 30.9 Å². The summed E-state index contributed by atoms with van der Waals surface area (Å²) in [5.41, 5.74) is 4.55. The number of rotatable bonds is 8. The molecule has 1 aromatic heterocycles. The van der Waals surface area contributed by atoms with Crippen molar-refractivity contribution in [1.82, 2.24) is 15.1 Å². The van der Waals surface area contributed by atoms with Crippen molar-refractivity contribution in [3.63, 3.8) is 0 Å². The molecule has 4 N–H and O–H groups in total. The van der Waals surface area contributed by atoms with Gasteiger partial charge in [0.15, 0.2) is 0 Å². The van der Waals surface area contributed by atoms with Gasteiger partial charge in [-0.1, -0.05) is 6.07 Å². The predicted octanol–water partition coefficient (Wildman–Crippen LogP) is 4.56. The van der Waals surface area contributed by atoms with E-state index in [9.17, 15) is 31.1 Å². The van der Waals surface area contributed by atoms with E-state index in [4.69, 9.17) is 38.7 Å². The number of carboxylic acid groups (broad SMARTS) is 2. The number of amides is 1. The van der Waals surface area contributed by atoms with E-state index in [2.05, 4.69) is 20.4 Å². The van der Waals surface area contributed by atoms with Crippen LogP contribution in [0.25, 0.3) is 11.1 Å². The highest BCUT2D eigenvalue weighted by Crippen LogP contribution is 2.34. The number of aryl methyl sites for hydroxylation is 1. The van der Waals surface area contributed by atoms with Gasteiger partial charge in [-0.05, 0) is 54.8 Å². The van der Waals surface area contributed by atoms with Gasteiger partial charge in [-0.15, -0.1) is 0 Å². The Morgan fingerprint density at radius 2 is 1.66 bits per heavy atom. The van der Waals surface area contributed by atoms with E-state index in [1.165, 1.54) is 0 Å². The maximum atomic E-state index is 13.3. The van der Waals surface area contributed by atoms with Crippen molar-refractivity contribution in [2.24, 2.45) is 5.92 Å². The molecule has 1 fully saturated rings. The molecule has 0 bridgehead atoms. The van der Waals surface area contributed by atoms with Crippen LogP contribution in [0.4, 0.5) is 32.0 Å². The van der Waals surface area contributed by atoms with Crippen LogP contribution in [-0.4, -0.2) is 109 Å². The van der Waals surface area contributed by atoms with Gasteiger partial charge in [-0.3, -0.25) is 14.8 Å². The monoisotopic (exact) mass is 720 g/mol. The van der Waals surface area contributed by atoms with Gasteiger partial charge >= 0.3 is 24.3 Å². The molecular weight excluding hydrogens is 686 g/mol. The number of aliphatic carboxylic acids is 2. The number of halogens is 6. The number of ether oxygens (including phenoxy) is 4. The van der Waals surface area contributed by atoms with Gasteiger partial charge in [0.25, 0.3) is 0 Å². The second-order valence-corrected chi connectivity index (χ2v) is 10.7. The van der Waals surface area contributed by atoms with E-state index < -0.39 is 24.3 Å². The first kappa shape index (κ1) is 39.4. The third kappa shape index (κ3) is 11.8. The highest BCUT2D eigenvalue weighted by Gasteiger charge is 2.39. The fourth-order valence-electron chi connectivity index (χ4n) is 4.56.